The molecular formula is C27H30ClN3O6S. The van der Waals surface area contributed by atoms with Crippen molar-refractivity contribution < 1.29 is 27.5 Å². The van der Waals surface area contributed by atoms with Crippen LogP contribution in [0.1, 0.15) is 12.5 Å². The van der Waals surface area contributed by atoms with Gasteiger partial charge in [-0.2, -0.15) is 0 Å². The van der Waals surface area contributed by atoms with E-state index in [0.29, 0.717) is 16.5 Å². The molecule has 1 atom stereocenters. The van der Waals surface area contributed by atoms with Crippen LogP contribution in [-0.2, 0) is 26.2 Å². The van der Waals surface area contributed by atoms with E-state index in [-0.39, 0.29) is 23.0 Å². The number of likely N-dealkylation sites (N-methyl/N-ethyl adjacent to an activating group) is 1. The highest BCUT2D eigenvalue weighted by Gasteiger charge is 2.32. The normalized spacial score (nSPS) is 11.8. The molecule has 1 N–H and O–H groups in total. The predicted molar refractivity (Wildman–Crippen MR) is 146 cm³/mol. The lowest BCUT2D eigenvalue weighted by Crippen LogP contribution is -2.50. The first-order valence-corrected chi connectivity index (χ1v) is 13.5. The number of ether oxygens (including phenoxy) is 2. The molecule has 2 amide bonds. The third kappa shape index (κ3) is 6.76. The van der Waals surface area contributed by atoms with Crippen LogP contribution in [0.2, 0.25) is 5.02 Å². The summed E-state index contributed by atoms with van der Waals surface area (Å²) < 4.78 is 38.8. The average molecular weight is 560 g/mol. The van der Waals surface area contributed by atoms with Gasteiger partial charge in [0.25, 0.3) is 10.0 Å². The number of sulfonamides is 1. The molecule has 9 nitrogen and oxygen atoms in total. The van der Waals surface area contributed by atoms with Crippen molar-refractivity contribution >= 4 is 39.1 Å². The third-order valence-electron chi connectivity index (χ3n) is 5.97. The molecule has 0 aliphatic heterocycles. The minimum atomic E-state index is -4.18. The van der Waals surface area contributed by atoms with Crippen molar-refractivity contribution in [2.24, 2.45) is 0 Å². The minimum absolute atomic E-state index is 0.0258. The lowest BCUT2D eigenvalue weighted by atomic mass is 10.1. The molecule has 3 aromatic rings. The monoisotopic (exact) mass is 559 g/mol. The molecule has 0 aliphatic rings. The van der Waals surface area contributed by atoms with Gasteiger partial charge < -0.3 is 19.7 Å². The van der Waals surface area contributed by atoms with E-state index in [1.165, 1.54) is 55.5 Å². The average Bonchev–Trinajstić information content (AvgIpc) is 2.94. The maximum Gasteiger partial charge on any atom is 0.264 e. The molecule has 0 radical (unpaired) electrons. The summed E-state index contributed by atoms with van der Waals surface area (Å²) in [4.78, 5) is 27.6. The second-order valence-electron chi connectivity index (χ2n) is 8.32. The number of halogens is 1. The van der Waals surface area contributed by atoms with Gasteiger partial charge in [-0.1, -0.05) is 23.7 Å². The predicted octanol–water partition coefficient (Wildman–Crippen LogP) is 3.72. The van der Waals surface area contributed by atoms with E-state index < -0.39 is 28.5 Å². The van der Waals surface area contributed by atoms with Crippen molar-refractivity contribution in [2.45, 2.75) is 24.4 Å². The van der Waals surface area contributed by atoms with Crippen LogP contribution < -0.4 is 19.1 Å². The van der Waals surface area contributed by atoms with Gasteiger partial charge in [0, 0.05) is 18.6 Å². The highest BCUT2D eigenvalue weighted by Crippen LogP contribution is 2.27. The quantitative estimate of drug-likeness (QED) is 0.384. The van der Waals surface area contributed by atoms with Crippen LogP contribution in [-0.4, -0.2) is 59.0 Å². The summed E-state index contributed by atoms with van der Waals surface area (Å²) in [6, 6.07) is 18.2. The second-order valence-corrected chi connectivity index (χ2v) is 10.6. The van der Waals surface area contributed by atoms with Gasteiger partial charge in [0.1, 0.15) is 24.1 Å². The summed E-state index contributed by atoms with van der Waals surface area (Å²) in [5.41, 5.74) is 0.988. The van der Waals surface area contributed by atoms with Gasteiger partial charge in [0.2, 0.25) is 11.8 Å². The van der Waals surface area contributed by atoms with Crippen molar-refractivity contribution in [1.82, 2.24) is 10.2 Å². The van der Waals surface area contributed by atoms with Crippen molar-refractivity contribution in [3.05, 3.63) is 83.4 Å². The molecule has 0 heterocycles. The molecule has 0 aliphatic carbocycles. The Labute approximate surface area is 228 Å². The molecule has 38 heavy (non-hydrogen) atoms. The molecule has 1 unspecified atom stereocenters. The zero-order chi connectivity index (χ0) is 27.9. The number of hydrogen-bond donors (Lipinski definition) is 1. The molecule has 0 fully saturated rings. The van der Waals surface area contributed by atoms with Gasteiger partial charge in [-0.3, -0.25) is 13.9 Å². The largest absolute Gasteiger partial charge is 0.497 e. The number of nitrogens with one attached hydrogen (secondary N) is 1. The van der Waals surface area contributed by atoms with Gasteiger partial charge in [-0.15, -0.1) is 0 Å². The summed E-state index contributed by atoms with van der Waals surface area (Å²) in [6.07, 6.45) is 0. The lowest BCUT2D eigenvalue weighted by molar-refractivity contribution is -0.139. The van der Waals surface area contributed by atoms with Crippen molar-refractivity contribution in [1.29, 1.82) is 0 Å². The first-order valence-electron chi connectivity index (χ1n) is 11.7. The van der Waals surface area contributed by atoms with Crippen LogP contribution >= 0.6 is 11.6 Å². The summed E-state index contributed by atoms with van der Waals surface area (Å²) in [6.45, 7) is 1.12. The van der Waals surface area contributed by atoms with Crippen LogP contribution in [0.5, 0.6) is 11.5 Å². The smallest absolute Gasteiger partial charge is 0.264 e. The van der Waals surface area contributed by atoms with E-state index in [1.807, 2.05) is 0 Å². The van der Waals surface area contributed by atoms with Crippen molar-refractivity contribution in [2.75, 3.05) is 32.1 Å². The highest BCUT2D eigenvalue weighted by molar-refractivity contribution is 7.92. The second kappa shape index (κ2) is 12.7. The Bertz CT molecular complexity index is 1350. The molecule has 3 rings (SSSR count). The Balaban J connectivity index is 2.01. The lowest BCUT2D eigenvalue weighted by Gasteiger charge is -2.31. The zero-order valence-electron chi connectivity index (χ0n) is 21.5. The van der Waals surface area contributed by atoms with Crippen LogP contribution in [0.4, 0.5) is 5.69 Å². The Kier molecular flexibility index (Phi) is 9.60. The molecule has 11 heteroatoms. The molecule has 0 aromatic heterocycles. The maximum atomic E-state index is 13.8. The molecule has 0 saturated heterocycles. The minimum Gasteiger partial charge on any atom is -0.497 e. The fourth-order valence-corrected chi connectivity index (χ4v) is 5.27. The maximum absolute atomic E-state index is 13.8. The van der Waals surface area contributed by atoms with Gasteiger partial charge >= 0.3 is 0 Å². The number of methoxy groups -OCH3 is 2. The van der Waals surface area contributed by atoms with Crippen LogP contribution in [0.25, 0.3) is 0 Å². The van der Waals surface area contributed by atoms with Gasteiger partial charge in [-0.05, 0) is 73.2 Å². The fraction of sp³-hybridized carbons (Fsp3) is 0.259. The van der Waals surface area contributed by atoms with Crippen LogP contribution in [0, 0.1) is 0 Å². The summed E-state index contributed by atoms with van der Waals surface area (Å²) >= 11 is 6.03. The van der Waals surface area contributed by atoms with Crippen molar-refractivity contribution in [3.63, 3.8) is 0 Å². The Morgan fingerprint density at radius 1 is 0.895 bits per heavy atom. The van der Waals surface area contributed by atoms with Crippen LogP contribution in [0.3, 0.4) is 0 Å². The zero-order valence-corrected chi connectivity index (χ0v) is 23.1. The first-order chi connectivity index (χ1) is 18.1. The Hall–Kier alpha value is -3.76. The van der Waals surface area contributed by atoms with E-state index >= 15 is 0 Å². The van der Waals surface area contributed by atoms with Gasteiger partial charge in [0.05, 0.1) is 24.8 Å². The van der Waals surface area contributed by atoms with Crippen molar-refractivity contribution in [3.8, 4) is 11.5 Å². The summed E-state index contributed by atoms with van der Waals surface area (Å²) in [5, 5.41) is 2.96. The number of amides is 2. The topological polar surface area (TPSA) is 105 Å². The SMILES string of the molecule is CNC(=O)C(C)N(Cc1ccc(OC)cc1)C(=O)CN(c1ccc(Cl)cc1)S(=O)(=O)c1ccc(OC)cc1. The molecular weight excluding hydrogens is 530 g/mol. The number of carbonyl (C=O) groups excluding carboxylic acids is 2. The van der Waals surface area contributed by atoms with Crippen LogP contribution in [0.15, 0.2) is 77.7 Å². The number of nitrogens with zero attached hydrogens (tertiary/aromatic N) is 2. The van der Waals surface area contributed by atoms with Gasteiger partial charge in [-0.25, -0.2) is 8.42 Å². The molecule has 0 spiro atoms. The number of hydrogen-bond acceptors (Lipinski definition) is 6. The van der Waals surface area contributed by atoms with E-state index in [2.05, 4.69) is 5.32 Å². The van der Waals surface area contributed by atoms with E-state index in [9.17, 15) is 18.0 Å². The number of benzene rings is 3. The first kappa shape index (κ1) is 28.8. The number of carbonyl (C=O) groups is 2. The van der Waals surface area contributed by atoms with E-state index in [0.717, 1.165) is 9.87 Å². The Morgan fingerprint density at radius 3 is 1.92 bits per heavy atom. The van der Waals surface area contributed by atoms with E-state index in [1.54, 1.807) is 50.4 Å². The summed E-state index contributed by atoms with van der Waals surface area (Å²) in [7, 11) is 0.320. The fourth-order valence-electron chi connectivity index (χ4n) is 3.73. The number of anilines is 1. The number of rotatable bonds is 11. The van der Waals surface area contributed by atoms with Gasteiger partial charge in [0.15, 0.2) is 0 Å². The van der Waals surface area contributed by atoms with E-state index in [4.69, 9.17) is 21.1 Å². The summed E-state index contributed by atoms with van der Waals surface area (Å²) in [5.74, 6) is 0.181. The molecule has 202 valence electrons. The standard InChI is InChI=1S/C27H30ClN3O6S/c1-19(27(33)29-2)30(17-20-5-11-23(36-3)12-6-20)26(32)18-31(22-9-7-21(28)8-10-22)38(34,35)25-15-13-24(37-4)14-16-25/h5-16,19H,17-18H2,1-4H3,(H,29,33). The molecule has 0 saturated carbocycles. The Morgan fingerprint density at radius 2 is 1.42 bits per heavy atom. The highest BCUT2D eigenvalue weighted by atomic mass is 35.5. The molecule has 3 aromatic carbocycles. The molecule has 0 bridgehead atoms. The third-order valence-corrected chi connectivity index (χ3v) is 8.01.